The standard InChI is InChI=1S/C9H14O/c1-7-2-4-8(5-3-7)9-6-10-9/h2,8-9H,3-6H2,1H3. The second-order valence-electron chi connectivity index (χ2n) is 3.46. The van der Waals surface area contributed by atoms with Crippen LogP contribution in [0.5, 0.6) is 0 Å². The van der Waals surface area contributed by atoms with Gasteiger partial charge in [0.15, 0.2) is 0 Å². The summed E-state index contributed by atoms with van der Waals surface area (Å²) in [5.74, 6) is 0.851. The molecule has 2 rings (SSSR count). The van der Waals surface area contributed by atoms with Gasteiger partial charge in [0.05, 0.1) is 12.7 Å². The monoisotopic (exact) mass is 138 g/mol. The van der Waals surface area contributed by atoms with Crippen molar-refractivity contribution in [2.75, 3.05) is 6.61 Å². The molecule has 2 aliphatic rings. The molecule has 0 radical (unpaired) electrons. The van der Waals surface area contributed by atoms with E-state index in [9.17, 15) is 0 Å². The molecule has 0 aromatic rings. The van der Waals surface area contributed by atoms with Crippen molar-refractivity contribution in [2.24, 2.45) is 5.92 Å². The largest absolute Gasteiger partial charge is 0.373 e. The maximum Gasteiger partial charge on any atom is 0.0841 e. The van der Waals surface area contributed by atoms with Crippen molar-refractivity contribution in [3.05, 3.63) is 11.6 Å². The third-order valence-corrected chi connectivity index (χ3v) is 2.56. The van der Waals surface area contributed by atoms with Gasteiger partial charge in [0.1, 0.15) is 0 Å². The van der Waals surface area contributed by atoms with Crippen LogP contribution in [0.15, 0.2) is 11.6 Å². The van der Waals surface area contributed by atoms with E-state index < -0.39 is 0 Å². The van der Waals surface area contributed by atoms with Crippen LogP contribution in [0.25, 0.3) is 0 Å². The van der Waals surface area contributed by atoms with E-state index in [0.29, 0.717) is 6.10 Å². The Morgan fingerprint density at radius 3 is 2.90 bits per heavy atom. The summed E-state index contributed by atoms with van der Waals surface area (Å²) in [6.07, 6.45) is 6.91. The highest BCUT2D eigenvalue weighted by molar-refractivity contribution is 5.04. The minimum atomic E-state index is 0.629. The molecule has 56 valence electrons. The fraction of sp³-hybridized carbons (Fsp3) is 0.778. The zero-order valence-corrected chi connectivity index (χ0v) is 6.47. The summed E-state index contributed by atoms with van der Waals surface area (Å²) in [7, 11) is 0. The van der Waals surface area contributed by atoms with Crippen LogP contribution < -0.4 is 0 Å². The summed E-state index contributed by atoms with van der Waals surface area (Å²) in [4.78, 5) is 0. The number of hydrogen-bond acceptors (Lipinski definition) is 1. The third kappa shape index (κ3) is 1.24. The molecule has 1 saturated heterocycles. The fourth-order valence-corrected chi connectivity index (χ4v) is 1.65. The molecule has 0 amide bonds. The third-order valence-electron chi connectivity index (χ3n) is 2.56. The summed E-state index contributed by atoms with van der Waals surface area (Å²) in [6, 6.07) is 0. The van der Waals surface area contributed by atoms with Crippen molar-refractivity contribution in [3.8, 4) is 0 Å². The Morgan fingerprint density at radius 2 is 2.40 bits per heavy atom. The van der Waals surface area contributed by atoms with Gasteiger partial charge in [-0.15, -0.1) is 0 Å². The zero-order valence-electron chi connectivity index (χ0n) is 6.47. The Bertz CT molecular complexity index is 156. The molecule has 1 nitrogen and oxygen atoms in total. The summed E-state index contributed by atoms with van der Waals surface area (Å²) in [6.45, 7) is 3.25. The van der Waals surface area contributed by atoms with Gasteiger partial charge >= 0.3 is 0 Å². The molecule has 0 aromatic heterocycles. The second-order valence-corrected chi connectivity index (χ2v) is 3.46. The van der Waals surface area contributed by atoms with Gasteiger partial charge < -0.3 is 4.74 Å². The topological polar surface area (TPSA) is 12.5 Å². The van der Waals surface area contributed by atoms with Gasteiger partial charge in [0.25, 0.3) is 0 Å². The molecular weight excluding hydrogens is 124 g/mol. The van der Waals surface area contributed by atoms with Crippen LogP contribution in [-0.2, 0) is 4.74 Å². The second kappa shape index (κ2) is 2.39. The first-order valence-electron chi connectivity index (χ1n) is 4.13. The van der Waals surface area contributed by atoms with E-state index in [1.54, 1.807) is 5.57 Å². The zero-order chi connectivity index (χ0) is 6.97. The highest BCUT2D eigenvalue weighted by Gasteiger charge is 2.32. The lowest BCUT2D eigenvalue weighted by Gasteiger charge is -2.17. The Balaban J connectivity index is 1.91. The quantitative estimate of drug-likeness (QED) is 0.399. The lowest BCUT2D eigenvalue weighted by molar-refractivity contribution is 0.310. The van der Waals surface area contributed by atoms with Crippen LogP contribution in [0.4, 0.5) is 0 Å². The van der Waals surface area contributed by atoms with Crippen molar-refractivity contribution in [1.29, 1.82) is 0 Å². The minimum absolute atomic E-state index is 0.629. The van der Waals surface area contributed by atoms with E-state index in [1.807, 2.05) is 0 Å². The molecule has 10 heavy (non-hydrogen) atoms. The van der Waals surface area contributed by atoms with E-state index in [-0.39, 0.29) is 0 Å². The molecule has 1 aliphatic heterocycles. The van der Waals surface area contributed by atoms with Crippen LogP contribution in [0.2, 0.25) is 0 Å². The van der Waals surface area contributed by atoms with E-state index >= 15 is 0 Å². The predicted molar refractivity (Wildman–Crippen MR) is 40.8 cm³/mol. The van der Waals surface area contributed by atoms with Crippen molar-refractivity contribution in [1.82, 2.24) is 0 Å². The Kier molecular flexibility index (Phi) is 1.53. The Labute approximate surface area is 62.1 Å². The van der Waals surface area contributed by atoms with E-state index in [2.05, 4.69) is 13.0 Å². The molecule has 2 unspecified atom stereocenters. The Morgan fingerprint density at radius 1 is 1.60 bits per heavy atom. The van der Waals surface area contributed by atoms with Gasteiger partial charge in [-0.3, -0.25) is 0 Å². The van der Waals surface area contributed by atoms with Gasteiger partial charge in [0, 0.05) is 0 Å². The van der Waals surface area contributed by atoms with Crippen molar-refractivity contribution < 1.29 is 4.74 Å². The van der Waals surface area contributed by atoms with Gasteiger partial charge in [0.2, 0.25) is 0 Å². The van der Waals surface area contributed by atoms with Gasteiger partial charge in [-0.05, 0) is 32.1 Å². The summed E-state index contributed by atoms with van der Waals surface area (Å²) in [5.41, 5.74) is 1.57. The van der Waals surface area contributed by atoms with Crippen molar-refractivity contribution >= 4 is 0 Å². The van der Waals surface area contributed by atoms with Crippen LogP contribution in [0, 0.1) is 5.92 Å². The molecule has 0 spiro atoms. The van der Waals surface area contributed by atoms with Gasteiger partial charge in [-0.1, -0.05) is 11.6 Å². The molecule has 0 N–H and O–H groups in total. The van der Waals surface area contributed by atoms with Gasteiger partial charge in [-0.25, -0.2) is 0 Å². The van der Waals surface area contributed by atoms with Crippen LogP contribution in [-0.4, -0.2) is 12.7 Å². The van der Waals surface area contributed by atoms with Crippen LogP contribution >= 0.6 is 0 Å². The first-order valence-corrected chi connectivity index (χ1v) is 4.13. The summed E-state index contributed by atoms with van der Waals surface area (Å²) in [5, 5.41) is 0. The van der Waals surface area contributed by atoms with Crippen molar-refractivity contribution in [2.45, 2.75) is 32.3 Å². The average Bonchev–Trinajstić information content (AvgIpc) is 2.71. The molecule has 1 fully saturated rings. The fourth-order valence-electron chi connectivity index (χ4n) is 1.65. The Hall–Kier alpha value is -0.300. The normalized spacial score (nSPS) is 39.1. The lowest BCUT2D eigenvalue weighted by Crippen LogP contribution is -2.10. The van der Waals surface area contributed by atoms with E-state index in [1.165, 1.54) is 19.3 Å². The number of allylic oxidation sites excluding steroid dienone is 2. The maximum absolute atomic E-state index is 5.25. The highest BCUT2D eigenvalue weighted by Crippen LogP contribution is 2.32. The predicted octanol–water partition coefficient (Wildman–Crippen LogP) is 2.13. The first-order chi connectivity index (χ1) is 4.86. The van der Waals surface area contributed by atoms with E-state index in [0.717, 1.165) is 12.5 Å². The molecule has 1 aliphatic carbocycles. The molecule has 0 saturated carbocycles. The highest BCUT2D eigenvalue weighted by atomic mass is 16.6. The smallest absolute Gasteiger partial charge is 0.0841 e. The minimum Gasteiger partial charge on any atom is -0.373 e. The SMILES string of the molecule is CC1=CCC(C2CO2)CC1. The number of hydrogen-bond donors (Lipinski definition) is 0. The van der Waals surface area contributed by atoms with Crippen LogP contribution in [0.1, 0.15) is 26.2 Å². The molecule has 2 atom stereocenters. The van der Waals surface area contributed by atoms with Gasteiger partial charge in [-0.2, -0.15) is 0 Å². The number of ether oxygens (including phenoxy) is 1. The molecule has 1 heteroatoms. The summed E-state index contributed by atoms with van der Waals surface area (Å²) >= 11 is 0. The van der Waals surface area contributed by atoms with Crippen molar-refractivity contribution in [3.63, 3.8) is 0 Å². The van der Waals surface area contributed by atoms with Crippen LogP contribution in [0.3, 0.4) is 0 Å². The maximum atomic E-state index is 5.25. The number of rotatable bonds is 1. The lowest BCUT2D eigenvalue weighted by atomic mass is 9.88. The molecule has 1 heterocycles. The van der Waals surface area contributed by atoms with E-state index in [4.69, 9.17) is 4.74 Å². The number of epoxide rings is 1. The molecule has 0 aromatic carbocycles. The average molecular weight is 138 g/mol. The molecule has 0 bridgehead atoms. The summed E-state index contributed by atoms with van der Waals surface area (Å²) < 4.78 is 5.25. The molecular formula is C9H14O. The first kappa shape index (κ1) is 6.41.